The van der Waals surface area contributed by atoms with Gasteiger partial charge in [0.2, 0.25) is 0 Å². The highest BCUT2D eigenvalue weighted by molar-refractivity contribution is 7.89. The molecule has 0 aliphatic heterocycles. The lowest BCUT2D eigenvalue weighted by molar-refractivity contribution is 0.414. The van der Waals surface area contributed by atoms with Crippen molar-refractivity contribution in [2.45, 2.75) is 37.8 Å². The Morgan fingerprint density at radius 2 is 2.15 bits per heavy atom. The summed E-state index contributed by atoms with van der Waals surface area (Å²) in [5.41, 5.74) is 0.968. The van der Waals surface area contributed by atoms with E-state index in [0.29, 0.717) is 24.9 Å². The number of hydrogen-bond acceptors (Lipinski definition) is 4. The van der Waals surface area contributed by atoms with Crippen LogP contribution in [0.2, 0.25) is 0 Å². The van der Waals surface area contributed by atoms with Crippen LogP contribution in [-0.2, 0) is 16.6 Å². The number of aromatic nitrogens is 1. The standard InChI is InChI=1S/C14H23N3O2S/c1-11-4-3-5-13(11)10-17-20(18,19)14-7-6-12(8-15-2)9-16-14/h6-7,9,11,13,15,17H,3-5,8,10H2,1-2H3. The molecule has 0 radical (unpaired) electrons. The summed E-state index contributed by atoms with van der Waals surface area (Å²) in [6.07, 6.45) is 5.11. The van der Waals surface area contributed by atoms with Gasteiger partial charge in [0.05, 0.1) is 0 Å². The van der Waals surface area contributed by atoms with E-state index in [-0.39, 0.29) is 5.03 Å². The first kappa shape index (κ1) is 15.4. The Morgan fingerprint density at radius 1 is 1.35 bits per heavy atom. The number of nitrogens with one attached hydrogen (secondary N) is 2. The first-order valence-electron chi connectivity index (χ1n) is 7.12. The van der Waals surface area contributed by atoms with Gasteiger partial charge >= 0.3 is 0 Å². The van der Waals surface area contributed by atoms with Gasteiger partial charge < -0.3 is 5.32 Å². The van der Waals surface area contributed by atoms with Crippen molar-refractivity contribution in [3.05, 3.63) is 23.9 Å². The second kappa shape index (κ2) is 6.65. The molecule has 0 amide bonds. The predicted molar refractivity (Wildman–Crippen MR) is 78.7 cm³/mol. The molecule has 5 nitrogen and oxygen atoms in total. The Kier molecular flexibility index (Phi) is 5.12. The van der Waals surface area contributed by atoms with Crippen LogP contribution < -0.4 is 10.0 Å². The van der Waals surface area contributed by atoms with Crippen LogP contribution >= 0.6 is 0 Å². The molecule has 2 unspecified atom stereocenters. The average Bonchev–Trinajstić information content (AvgIpc) is 2.83. The summed E-state index contributed by atoms with van der Waals surface area (Å²) in [6, 6.07) is 3.35. The van der Waals surface area contributed by atoms with Gasteiger partial charge in [-0.2, -0.15) is 0 Å². The molecule has 0 spiro atoms. The van der Waals surface area contributed by atoms with Gasteiger partial charge in [-0.15, -0.1) is 0 Å². The number of hydrogen-bond donors (Lipinski definition) is 2. The summed E-state index contributed by atoms with van der Waals surface area (Å²) < 4.78 is 27.0. The molecular weight excluding hydrogens is 274 g/mol. The highest BCUT2D eigenvalue weighted by atomic mass is 32.2. The minimum absolute atomic E-state index is 0.100. The van der Waals surface area contributed by atoms with Crippen molar-refractivity contribution in [3.63, 3.8) is 0 Å². The Morgan fingerprint density at radius 3 is 2.70 bits per heavy atom. The molecule has 1 saturated carbocycles. The molecule has 6 heteroatoms. The van der Waals surface area contributed by atoms with Crippen LogP contribution in [0.4, 0.5) is 0 Å². The number of sulfonamides is 1. The zero-order valence-electron chi connectivity index (χ0n) is 12.1. The summed E-state index contributed by atoms with van der Waals surface area (Å²) >= 11 is 0. The summed E-state index contributed by atoms with van der Waals surface area (Å²) in [7, 11) is -1.64. The van der Waals surface area contributed by atoms with E-state index in [1.165, 1.54) is 12.8 Å². The van der Waals surface area contributed by atoms with Crippen LogP contribution in [0.5, 0.6) is 0 Å². The second-order valence-corrected chi connectivity index (χ2v) is 7.27. The third-order valence-electron chi connectivity index (χ3n) is 4.03. The molecule has 2 atom stereocenters. The maximum Gasteiger partial charge on any atom is 0.258 e. The lowest BCUT2D eigenvalue weighted by Crippen LogP contribution is -2.30. The van der Waals surface area contributed by atoms with Crippen LogP contribution in [0.3, 0.4) is 0 Å². The summed E-state index contributed by atoms with van der Waals surface area (Å²) in [6.45, 7) is 3.39. The predicted octanol–water partition coefficient (Wildman–Crippen LogP) is 1.52. The summed E-state index contributed by atoms with van der Waals surface area (Å²) in [5.74, 6) is 1.05. The van der Waals surface area contributed by atoms with E-state index in [4.69, 9.17) is 0 Å². The number of pyridine rings is 1. The van der Waals surface area contributed by atoms with Crippen LogP contribution in [0.25, 0.3) is 0 Å². The molecule has 1 aromatic rings. The maximum atomic E-state index is 12.2. The van der Waals surface area contributed by atoms with Crippen molar-refractivity contribution >= 4 is 10.0 Å². The number of rotatable bonds is 6. The molecule has 1 heterocycles. The smallest absolute Gasteiger partial charge is 0.258 e. The van der Waals surface area contributed by atoms with Gasteiger partial charge in [0.25, 0.3) is 10.0 Å². The van der Waals surface area contributed by atoms with Gasteiger partial charge in [0, 0.05) is 19.3 Å². The highest BCUT2D eigenvalue weighted by Gasteiger charge is 2.25. The number of nitrogens with zero attached hydrogens (tertiary/aromatic N) is 1. The van der Waals surface area contributed by atoms with Crippen LogP contribution in [0.15, 0.2) is 23.4 Å². The van der Waals surface area contributed by atoms with Crippen LogP contribution in [-0.4, -0.2) is 27.0 Å². The van der Waals surface area contributed by atoms with E-state index in [2.05, 4.69) is 21.9 Å². The summed E-state index contributed by atoms with van der Waals surface area (Å²) in [4.78, 5) is 4.04. The Balaban J connectivity index is 1.98. The molecule has 112 valence electrons. The lowest BCUT2D eigenvalue weighted by atomic mass is 9.99. The lowest BCUT2D eigenvalue weighted by Gasteiger charge is -2.15. The van der Waals surface area contributed by atoms with E-state index in [9.17, 15) is 8.42 Å². The minimum Gasteiger partial charge on any atom is -0.316 e. The molecule has 20 heavy (non-hydrogen) atoms. The summed E-state index contributed by atoms with van der Waals surface area (Å²) in [5, 5.41) is 3.10. The van der Waals surface area contributed by atoms with Gasteiger partial charge in [-0.3, -0.25) is 0 Å². The van der Waals surface area contributed by atoms with Gasteiger partial charge in [-0.05, 0) is 36.9 Å². The Bertz CT molecular complexity index is 528. The van der Waals surface area contributed by atoms with E-state index in [1.54, 1.807) is 18.3 Å². The van der Waals surface area contributed by atoms with E-state index in [1.807, 2.05) is 7.05 Å². The quantitative estimate of drug-likeness (QED) is 0.835. The van der Waals surface area contributed by atoms with E-state index >= 15 is 0 Å². The van der Waals surface area contributed by atoms with Gasteiger partial charge in [0.15, 0.2) is 5.03 Å². The molecule has 0 saturated heterocycles. The van der Waals surface area contributed by atoms with Crippen molar-refractivity contribution in [1.82, 2.24) is 15.0 Å². The molecule has 0 aromatic carbocycles. The largest absolute Gasteiger partial charge is 0.316 e. The third kappa shape index (κ3) is 3.77. The maximum absolute atomic E-state index is 12.2. The van der Waals surface area contributed by atoms with Crippen molar-refractivity contribution in [1.29, 1.82) is 0 Å². The monoisotopic (exact) mass is 297 g/mol. The highest BCUT2D eigenvalue weighted by Crippen LogP contribution is 2.30. The molecule has 1 aliphatic carbocycles. The molecule has 1 aromatic heterocycles. The topological polar surface area (TPSA) is 71.1 Å². The fraction of sp³-hybridized carbons (Fsp3) is 0.643. The van der Waals surface area contributed by atoms with Crippen molar-refractivity contribution in [3.8, 4) is 0 Å². The normalized spacial score (nSPS) is 23.1. The van der Waals surface area contributed by atoms with E-state index in [0.717, 1.165) is 12.0 Å². The molecule has 1 aliphatic rings. The molecular formula is C14H23N3O2S. The second-order valence-electron chi connectivity index (χ2n) is 5.56. The minimum atomic E-state index is -3.48. The zero-order valence-corrected chi connectivity index (χ0v) is 12.9. The van der Waals surface area contributed by atoms with Gasteiger partial charge in [0.1, 0.15) is 0 Å². The first-order chi connectivity index (χ1) is 9.53. The van der Waals surface area contributed by atoms with Crippen LogP contribution in [0, 0.1) is 11.8 Å². The average molecular weight is 297 g/mol. The molecule has 0 bridgehead atoms. The van der Waals surface area contributed by atoms with Gasteiger partial charge in [-0.25, -0.2) is 18.1 Å². The fourth-order valence-electron chi connectivity index (χ4n) is 2.69. The van der Waals surface area contributed by atoms with Crippen molar-refractivity contribution < 1.29 is 8.42 Å². The first-order valence-corrected chi connectivity index (χ1v) is 8.60. The van der Waals surface area contributed by atoms with Crippen LogP contribution in [0.1, 0.15) is 31.7 Å². The zero-order chi connectivity index (χ0) is 14.6. The van der Waals surface area contributed by atoms with E-state index < -0.39 is 10.0 Å². The molecule has 1 fully saturated rings. The third-order valence-corrected chi connectivity index (χ3v) is 5.37. The van der Waals surface area contributed by atoms with Crippen molar-refractivity contribution in [2.24, 2.45) is 11.8 Å². The Labute approximate surface area is 121 Å². The van der Waals surface area contributed by atoms with Gasteiger partial charge in [-0.1, -0.05) is 25.8 Å². The molecule has 2 rings (SSSR count). The van der Waals surface area contributed by atoms with Crippen molar-refractivity contribution in [2.75, 3.05) is 13.6 Å². The Hall–Kier alpha value is -0.980. The SMILES string of the molecule is CNCc1ccc(S(=O)(=O)NCC2CCCC2C)nc1. The molecule has 2 N–H and O–H groups in total. The fourth-order valence-corrected chi connectivity index (χ4v) is 3.71.